The normalized spacial score (nSPS) is 11.4. The summed E-state index contributed by atoms with van der Waals surface area (Å²) in [5.41, 5.74) is 34.7. The van der Waals surface area contributed by atoms with Crippen LogP contribution < -0.4 is 0 Å². The van der Waals surface area contributed by atoms with Gasteiger partial charge in [-0.2, -0.15) is 0 Å². The molecule has 0 saturated carbocycles. The number of nitrogens with zero attached hydrogens (tertiary/aromatic N) is 9. The molecule has 12 nitrogen and oxygen atoms in total. The molecule has 27 rings (SSSR count). The van der Waals surface area contributed by atoms with E-state index < -0.39 is 0 Å². The molecule has 0 spiro atoms. The molecule has 27 aromatic rings. The van der Waals surface area contributed by atoms with Crippen molar-refractivity contribution in [2.75, 3.05) is 0 Å². The molecule has 0 atom stereocenters. The molecule has 0 fully saturated rings. The Morgan fingerprint density at radius 2 is 0.319 bits per heavy atom. The number of furan rings is 3. The first kappa shape index (κ1) is 83.6. The summed E-state index contributed by atoms with van der Waals surface area (Å²) in [6, 6.07) is 168. The molecule has 141 heavy (non-hydrogen) atoms. The molecule has 12 heteroatoms. The van der Waals surface area contributed by atoms with Crippen LogP contribution in [0.5, 0.6) is 0 Å². The summed E-state index contributed by atoms with van der Waals surface area (Å²) >= 11 is 0. The second kappa shape index (κ2) is 36.6. The minimum absolute atomic E-state index is 0.674. The zero-order valence-electron chi connectivity index (χ0n) is 76.0. The van der Waals surface area contributed by atoms with Crippen molar-refractivity contribution in [3.63, 3.8) is 0 Å². The first-order valence-electron chi connectivity index (χ1n) is 47.1. The standard InChI is InChI=1S/3C43H27N3O/c1-4-12-29(13-5-1)37-27-38(30-14-6-2-7-15-30)46-43(45-37)32-22-20-28(21-23-32)33-24-25-36-35(26-33)42-40(34-18-10-11-19-39(34)47-42)41(44-36)31-16-8-3-9-17-31;1-4-12-28(13-5-1)29-20-22-30(23-21-29)37-27-38(46-43(45-37)32-16-8-3-9-17-32)33-24-25-36-35(26-33)42-40(34-18-10-11-19-39(34)47-42)41(44-36)31-14-6-2-7-15-31;1-4-12-28(13-5-1)29-20-22-32(23-21-29)43-45-37(30-14-6-2-7-15-30)27-38(46-43)33-24-25-36-35(26-33)42-40(34-18-10-11-19-39(34)47-42)41(44-36)31-16-8-3-9-17-31/h3*1-27H. The van der Waals surface area contributed by atoms with Crippen molar-refractivity contribution >= 4 is 98.5 Å². The van der Waals surface area contributed by atoms with Crippen LogP contribution in [-0.4, -0.2) is 44.9 Å². The second-order valence-electron chi connectivity index (χ2n) is 34.9. The van der Waals surface area contributed by atoms with Gasteiger partial charge in [-0.3, -0.25) is 0 Å². The van der Waals surface area contributed by atoms with Crippen LogP contribution in [0, 0.1) is 0 Å². The van der Waals surface area contributed by atoms with Gasteiger partial charge >= 0.3 is 0 Å². The van der Waals surface area contributed by atoms with Gasteiger partial charge in [-0.1, -0.05) is 419 Å². The zero-order chi connectivity index (χ0) is 93.5. The van der Waals surface area contributed by atoms with Crippen molar-refractivity contribution in [3.05, 3.63) is 491 Å². The van der Waals surface area contributed by atoms with Crippen LogP contribution in [0.15, 0.2) is 505 Å². The average molecular weight is 1810 g/mol. The van der Waals surface area contributed by atoms with E-state index in [-0.39, 0.29) is 0 Å². The van der Waals surface area contributed by atoms with Crippen molar-refractivity contribution in [2.24, 2.45) is 0 Å². The van der Waals surface area contributed by atoms with Crippen LogP contribution in [0.2, 0.25) is 0 Å². The molecule has 0 saturated heterocycles. The maximum atomic E-state index is 6.58. The number of hydrogen-bond donors (Lipinski definition) is 0. The number of para-hydroxylation sites is 3. The number of rotatable bonds is 15. The number of hydrogen-bond acceptors (Lipinski definition) is 12. The van der Waals surface area contributed by atoms with Crippen LogP contribution in [0.4, 0.5) is 0 Å². The molecule has 660 valence electrons. The number of benzene rings is 18. The van der Waals surface area contributed by atoms with Crippen LogP contribution in [-0.2, 0) is 0 Å². The monoisotopic (exact) mass is 1800 g/mol. The van der Waals surface area contributed by atoms with Crippen LogP contribution in [0.25, 0.3) is 267 Å². The van der Waals surface area contributed by atoms with E-state index in [4.69, 9.17) is 58.1 Å². The Bertz CT molecular complexity index is 8930. The predicted molar refractivity (Wildman–Crippen MR) is 575 cm³/mol. The summed E-state index contributed by atoms with van der Waals surface area (Å²) in [5, 5.41) is 9.13. The van der Waals surface area contributed by atoms with Gasteiger partial charge in [-0.25, -0.2) is 44.9 Å². The van der Waals surface area contributed by atoms with E-state index in [1.165, 1.54) is 16.7 Å². The molecular formula is C129H81N9O3. The lowest BCUT2D eigenvalue weighted by molar-refractivity contribution is 0.672. The smallest absolute Gasteiger partial charge is 0.160 e. The average Bonchev–Trinajstić information content (AvgIpc) is 1.59. The Morgan fingerprint density at radius 3 is 0.617 bits per heavy atom. The Kier molecular flexibility index (Phi) is 21.7. The van der Waals surface area contributed by atoms with Gasteiger partial charge in [0.05, 0.1) is 84.0 Å². The first-order chi connectivity index (χ1) is 69.8. The third kappa shape index (κ3) is 16.4. The Labute approximate surface area is 811 Å². The summed E-state index contributed by atoms with van der Waals surface area (Å²) in [5.74, 6) is 2.04. The third-order valence-corrected chi connectivity index (χ3v) is 26.1. The molecule has 0 unspecified atom stereocenters. The molecule has 0 amide bonds. The van der Waals surface area contributed by atoms with E-state index in [0.717, 1.165) is 233 Å². The second-order valence-corrected chi connectivity index (χ2v) is 34.9. The Balaban J connectivity index is 0.000000111. The van der Waals surface area contributed by atoms with Crippen LogP contribution in [0.3, 0.4) is 0 Å². The fraction of sp³-hybridized carbons (Fsp3) is 0. The summed E-state index contributed by atoms with van der Waals surface area (Å²) < 4.78 is 19.7. The summed E-state index contributed by atoms with van der Waals surface area (Å²) in [7, 11) is 0. The molecule has 9 heterocycles. The van der Waals surface area contributed by atoms with Crippen LogP contribution >= 0.6 is 0 Å². The zero-order valence-corrected chi connectivity index (χ0v) is 76.0. The fourth-order valence-corrected chi connectivity index (χ4v) is 19.0. The van der Waals surface area contributed by atoms with Crippen molar-refractivity contribution in [1.82, 2.24) is 44.9 Å². The molecule has 0 aliphatic heterocycles. The van der Waals surface area contributed by atoms with Gasteiger partial charge in [0.1, 0.15) is 33.5 Å². The number of pyridine rings is 3. The van der Waals surface area contributed by atoms with E-state index in [2.05, 4.69) is 303 Å². The van der Waals surface area contributed by atoms with Crippen molar-refractivity contribution in [2.45, 2.75) is 0 Å². The van der Waals surface area contributed by atoms with Gasteiger partial charge in [0, 0.05) is 99.1 Å². The first-order valence-corrected chi connectivity index (χ1v) is 47.1. The summed E-state index contributed by atoms with van der Waals surface area (Å²) in [4.78, 5) is 45.9. The molecule has 0 bridgehead atoms. The highest BCUT2D eigenvalue weighted by molar-refractivity contribution is 6.22. The van der Waals surface area contributed by atoms with Crippen molar-refractivity contribution in [1.29, 1.82) is 0 Å². The Morgan fingerprint density at radius 1 is 0.128 bits per heavy atom. The SMILES string of the molecule is c1ccc(-c2cc(-c3ccccc3)nc(-c3ccc(-c4ccc5nc(-c6ccccc6)c6c7ccccc7oc6c5c4)cc3)n2)cc1.c1ccc(-c2ccc(-c3cc(-c4ccc5nc(-c6ccccc6)c6c7ccccc7oc6c5c4)nc(-c4ccccc4)n3)cc2)cc1.c1ccc(-c2ccc(-c3nc(-c4ccccc4)cc(-c4ccc5nc(-c6ccccc6)c6c7ccccc7oc6c5c4)n3)cc2)cc1. The molecule has 18 aromatic carbocycles. The van der Waals surface area contributed by atoms with Gasteiger partial charge in [-0.05, 0) is 106 Å². The minimum atomic E-state index is 0.674. The number of fused-ring (bicyclic) bond motifs is 15. The minimum Gasteiger partial charge on any atom is -0.455 e. The molecule has 0 aliphatic carbocycles. The lowest BCUT2D eigenvalue weighted by Gasteiger charge is -2.11. The molecule has 0 aliphatic rings. The molecule has 9 aromatic heterocycles. The topological polar surface area (TPSA) is 155 Å². The van der Waals surface area contributed by atoms with Gasteiger partial charge in [0.2, 0.25) is 0 Å². The maximum absolute atomic E-state index is 6.58. The van der Waals surface area contributed by atoms with E-state index in [9.17, 15) is 0 Å². The highest BCUT2D eigenvalue weighted by Gasteiger charge is 2.25. The predicted octanol–water partition coefficient (Wildman–Crippen LogP) is 33.8. The largest absolute Gasteiger partial charge is 0.455 e. The van der Waals surface area contributed by atoms with Gasteiger partial charge in [0.25, 0.3) is 0 Å². The van der Waals surface area contributed by atoms with Crippen molar-refractivity contribution < 1.29 is 13.3 Å². The maximum Gasteiger partial charge on any atom is 0.160 e. The molecule has 0 radical (unpaired) electrons. The fourth-order valence-electron chi connectivity index (χ4n) is 19.0. The van der Waals surface area contributed by atoms with E-state index in [0.29, 0.717) is 17.5 Å². The van der Waals surface area contributed by atoms with Crippen LogP contribution in [0.1, 0.15) is 0 Å². The number of aromatic nitrogens is 9. The van der Waals surface area contributed by atoms with Gasteiger partial charge < -0.3 is 13.3 Å². The van der Waals surface area contributed by atoms with Crippen molar-refractivity contribution in [3.8, 4) is 169 Å². The Hall–Kier alpha value is -19.2. The third-order valence-electron chi connectivity index (χ3n) is 26.1. The highest BCUT2D eigenvalue weighted by atomic mass is 16.3. The van der Waals surface area contributed by atoms with Gasteiger partial charge in [0.15, 0.2) is 17.5 Å². The quantitative estimate of drug-likeness (QED) is 0.0959. The van der Waals surface area contributed by atoms with E-state index >= 15 is 0 Å². The molecule has 0 N–H and O–H groups in total. The highest BCUT2D eigenvalue weighted by Crippen LogP contribution is 2.47. The van der Waals surface area contributed by atoms with Gasteiger partial charge in [-0.15, -0.1) is 0 Å². The summed E-state index contributed by atoms with van der Waals surface area (Å²) in [6.45, 7) is 0. The summed E-state index contributed by atoms with van der Waals surface area (Å²) in [6.07, 6.45) is 0. The van der Waals surface area contributed by atoms with E-state index in [1.54, 1.807) is 0 Å². The van der Waals surface area contributed by atoms with E-state index in [1.807, 2.05) is 188 Å². The lowest BCUT2D eigenvalue weighted by Crippen LogP contribution is -1.96. The lowest BCUT2D eigenvalue weighted by atomic mass is 9.98. The molecular weight excluding hydrogens is 1720 g/mol.